The lowest BCUT2D eigenvalue weighted by atomic mass is 9.97. The van der Waals surface area contributed by atoms with Crippen LogP contribution in [-0.4, -0.2) is 9.97 Å². The molecule has 0 atom stereocenters. The summed E-state index contributed by atoms with van der Waals surface area (Å²) in [6, 6.07) is 53.4. The number of aromatic nitrogens is 2. The lowest BCUT2D eigenvalue weighted by Gasteiger charge is -2.07. The Morgan fingerprint density at radius 2 is 0.580 bits per heavy atom. The molecule has 0 radical (unpaired) electrons. The number of pyridine rings is 2. The van der Waals surface area contributed by atoms with Crippen molar-refractivity contribution in [2.75, 3.05) is 0 Å². The molecular formula is C46H28N2S2. The molecule has 6 aromatic carbocycles. The number of hydrogen-bond acceptors (Lipinski definition) is 4. The predicted molar refractivity (Wildman–Crippen MR) is 215 cm³/mol. The third-order valence-corrected chi connectivity index (χ3v) is 12.0. The number of fused-ring (bicyclic) bond motifs is 6. The van der Waals surface area contributed by atoms with E-state index >= 15 is 0 Å². The number of hydrogen-bond donors (Lipinski definition) is 0. The van der Waals surface area contributed by atoms with Crippen LogP contribution in [0.3, 0.4) is 0 Å². The van der Waals surface area contributed by atoms with Crippen LogP contribution >= 0.6 is 22.7 Å². The highest BCUT2D eigenvalue weighted by Gasteiger charge is 2.13. The van der Waals surface area contributed by atoms with Gasteiger partial charge in [-0.15, -0.1) is 22.7 Å². The second-order valence-electron chi connectivity index (χ2n) is 12.7. The van der Waals surface area contributed by atoms with E-state index in [1.807, 2.05) is 59.6 Å². The highest BCUT2D eigenvalue weighted by atomic mass is 32.1. The third-order valence-electron chi connectivity index (χ3n) is 9.65. The summed E-state index contributed by atoms with van der Waals surface area (Å²) in [5, 5.41) is 5.21. The first-order valence-electron chi connectivity index (χ1n) is 16.7. The van der Waals surface area contributed by atoms with Gasteiger partial charge in [0, 0.05) is 76.3 Å². The molecule has 0 spiro atoms. The van der Waals surface area contributed by atoms with E-state index in [4.69, 9.17) is 0 Å². The Morgan fingerprint density at radius 1 is 0.280 bits per heavy atom. The van der Waals surface area contributed by atoms with Crippen molar-refractivity contribution in [3.8, 4) is 55.6 Å². The van der Waals surface area contributed by atoms with Crippen molar-refractivity contribution in [3.05, 3.63) is 170 Å². The summed E-state index contributed by atoms with van der Waals surface area (Å²) >= 11 is 3.73. The second kappa shape index (κ2) is 11.9. The maximum absolute atomic E-state index is 4.32. The summed E-state index contributed by atoms with van der Waals surface area (Å²) in [4.78, 5) is 8.64. The minimum absolute atomic E-state index is 1.13. The van der Waals surface area contributed by atoms with Gasteiger partial charge in [-0.25, -0.2) is 0 Å². The van der Waals surface area contributed by atoms with E-state index in [1.54, 1.807) is 0 Å². The summed E-state index contributed by atoms with van der Waals surface area (Å²) in [5.74, 6) is 0. The molecule has 10 aromatic rings. The van der Waals surface area contributed by atoms with Crippen LogP contribution in [0.2, 0.25) is 0 Å². The maximum atomic E-state index is 4.32. The van der Waals surface area contributed by atoms with Crippen LogP contribution in [-0.2, 0) is 0 Å². The fraction of sp³-hybridized carbons (Fsp3) is 0. The van der Waals surface area contributed by atoms with Crippen LogP contribution in [0.5, 0.6) is 0 Å². The molecule has 234 valence electrons. The van der Waals surface area contributed by atoms with Gasteiger partial charge in [-0.1, -0.05) is 72.8 Å². The van der Waals surface area contributed by atoms with Crippen molar-refractivity contribution in [2.24, 2.45) is 0 Å². The van der Waals surface area contributed by atoms with E-state index in [9.17, 15) is 0 Å². The molecule has 0 aliphatic carbocycles. The fourth-order valence-electron chi connectivity index (χ4n) is 7.10. The first-order valence-corrected chi connectivity index (χ1v) is 18.3. The van der Waals surface area contributed by atoms with Gasteiger partial charge in [0.25, 0.3) is 0 Å². The number of nitrogens with zero attached hydrogens (tertiary/aromatic N) is 2. The van der Waals surface area contributed by atoms with Crippen LogP contribution < -0.4 is 0 Å². The summed E-state index contributed by atoms with van der Waals surface area (Å²) in [7, 11) is 0. The maximum Gasteiger partial charge on any atom is 0.0355 e. The van der Waals surface area contributed by atoms with Gasteiger partial charge in [-0.05, 0) is 117 Å². The fourth-order valence-corrected chi connectivity index (χ4v) is 9.23. The molecule has 4 heteroatoms. The molecule has 0 unspecified atom stereocenters. The van der Waals surface area contributed by atoms with Gasteiger partial charge in [-0.3, -0.25) is 9.97 Å². The Labute approximate surface area is 297 Å². The topological polar surface area (TPSA) is 25.8 Å². The van der Waals surface area contributed by atoms with Gasteiger partial charge in [0.1, 0.15) is 0 Å². The van der Waals surface area contributed by atoms with Gasteiger partial charge in [0.15, 0.2) is 0 Å². The average molecular weight is 673 g/mol. The summed E-state index contributed by atoms with van der Waals surface area (Å²) in [6.07, 6.45) is 7.49. The van der Waals surface area contributed by atoms with Gasteiger partial charge >= 0.3 is 0 Å². The molecule has 0 bridgehead atoms. The summed E-state index contributed by atoms with van der Waals surface area (Å²) in [6.45, 7) is 0. The quantitative estimate of drug-likeness (QED) is 0.182. The van der Waals surface area contributed by atoms with Crippen LogP contribution in [0.4, 0.5) is 0 Å². The Balaban J connectivity index is 1.04. The molecular weight excluding hydrogens is 645 g/mol. The van der Waals surface area contributed by atoms with Crippen molar-refractivity contribution in [1.82, 2.24) is 9.97 Å². The molecule has 0 saturated heterocycles. The summed E-state index contributed by atoms with van der Waals surface area (Å²) in [5.41, 5.74) is 12.0. The number of thiophene rings is 2. The molecule has 0 amide bonds. The standard InChI is InChI=1S/C46H28N2S2/c1-5-29(21-31(7-1)37-9-3-19-47-27-37)33-11-15-43-39(23-33)41-25-35(13-17-45(41)49-43)36-14-18-46-42(26-36)40-24-34(12-16-44(40)50-46)30-6-2-8-32(22-30)38-10-4-20-48-28-38/h1-28H. The Kier molecular flexibility index (Phi) is 6.90. The SMILES string of the molecule is c1cncc(-c2cccc(-c3ccc4sc5ccc(-c6ccc7sc8ccc(-c9cccc(-c%10cccnc%10)c9)cc8c7c6)cc5c4c3)c2)c1. The van der Waals surface area contributed by atoms with Crippen molar-refractivity contribution < 1.29 is 0 Å². The van der Waals surface area contributed by atoms with Gasteiger partial charge in [-0.2, -0.15) is 0 Å². The normalized spacial score (nSPS) is 11.6. The van der Waals surface area contributed by atoms with E-state index in [2.05, 4.69) is 143 Å². The van der Waals surface area contributed by atoms with Gasteiger partial charge in [0.2, 0.25) is 0 Å². The number of benzene rings is 6. The van der Waals surface area contributed by atoms with E-state index < -0.39 is 0 Å². The zero-order valence-electron chi connectivity index (χ0n) is 26.9. The molecule has 0 aliphatic rings. The van der Waals surface area contributed by atoms with Gasteiger partial charge < -0.3 is 0 Å². The zero-order valence-corrected chi connectivity index (χ0v) is 28.5. The first kappa shape index (κ1) is 29.0. The molecule has 50 heavy (non-hydrogen) atoms. The molecule has 0 saturated carbocycles. The van der Waals surface area contributed by atoms with Crippen LogP contribution in [0.1, 0.15) is 0 Å². The molecule has 0 fully saturated rings. The highest BCUT2D eigenvalue weighted by Crippen LogP contribution is 2.42. The van der Waals surface area contributed by atoms with Gasteiger partial charge in [0.05, 0.1) is 0 Å². The zero-order chi connectivity index (χ0) is 33.0. The molecule has 2 nitrogen and oxygen atoms in total. The highest BCUT2D eigenvalue weighted by molar-refractivity contribution is 7.26. The van der Waals surface area contributed by atoms with Crippen molar-refractivity contribution in [1.29, 1.82) is 0 Å². The van der Waals surface area contributed by atoms with Crippen LogP contribution in [0.15, 0.2) is 170 Å². The Bertz CT molecular complexity index is 2670. The minimum atomic E-state index is 1.13. The largest absolute Gasteiger partial charge is 0.264 e. The molecule has 4 heterocycles. The second-order valence-corrected chi connectivity index (χ2v) is 14.9. The average Bonchev–Trinajstić information content (AvgIpc) is 3.75. The lowest BCUT2D eigenvalue weighted by molar-refractivity contribution is 1.33. The first-order chi connectivity index (χ1) is 24.7. The van der Waals surface area contributed by atoms with Crippen LogP contribution in [0.25, 0.3) is 96.0 Å². The minimum Gasteiger partial charge on any atom is -0.264 e. The lowest BCUT2D eigenvalue weighted by Crippen LogP contribution is -1.83. The van der Waals surface area contributed by atoms with Crippen molar-refractivity contribution in [3.63, 3.8) is 0 Å². The monoisotopic (exact) mass is 672 g/mol. The van der Waals surface area contributed by atoms with E-state index in [0.717, 1.165) is 11.1 Å². The van der Waals surface area contributed by atoms with E-state index in [-0.39, 0.29) is 0 Å². The Morgan fingerprint density at radius 3 is 0.900 bits per heavy atom. The van der Waals surface area contributed by atoms with Crippen molar-refractivity contribution >= 4 is 63.0 Å². The van der Waals surface area contributed by atoms with Crippen LogP contribution in [0, 0.1) is 0 Å². The summed E-state index contributed by atoms with van der Waals surface area (Å²) < 4.78 is 5.24. The molecule has 4 aromatic heterocycles. The molecule has 0 aliphatic heterocycles. The predicted octanol–water partition coefficient (Wildman–Crippen LogP) is 13.5. The molecule has 0 N–H and O–H groups in total. The molecule has 10 rings (SSSR count). The van der Waals surface area contributed by atoms with Crippen molar-refractivity contribution in [2.45, 2.75) is 0 Å². The smallest absolute Gasteiger partial charge is 0.0355 e. The van der Waals surface area contributed by atoms with E-state index in [1.165, 1.54) is 84.9 Å². The van der Waals surface area contributed by atoms with E-state index in [0.29, 0.717) is 0 Å². The third kappa shape index (κ3) is 5.09. The Hall–Kier alpha value is -5.94. The number of rotatable bonds is 5.